The quantitative estimate of drug-likeness (QED) is 0.252. The molecule has 0 fully saturated rings. The van der Waals surface area contributed by atoms with Gasteiger partial charge in [0.15, 0.2) is 0 Å². The molecule has 6 heteroatoms. The van der Waals surface area contributed by atoms with Crippen molar-refractivity contribution in [1.29, 1.82) is 0 Å². The molecule has 0 radical (unpaired) electrons. The number of allylic oxidation sites excluding steroid dienone is 2. The Morgan fingerprint density at radius 1 is 0.529 bits per heavy atom. The third kappa shape index (κ3) is 3.75. The van der Waals surface area contributed by atoms with E-state index in [0.29, 0.717) is 23.1 Å². The van der Waals surface area contributed by atoms with Gasteiger partial charge in [-0.3, -0.25) is 0 Å². The fourth-order valence-electron chi connectivity index (χ4n) is 4.78. The summed E-state index contributed by atoms with van der Waals surface area (Å²) in [5.41, 5.74) is 5.04. The van der Waals surface area contributed by atoms with Gasteiger partial charge in [0.2, 0.25) is 0 Å². The number of hydrogen-bond donors (Lipinski definition) is 6. The topological polar surface area (TPSA) is 121 Å². The third-order valence-corrected chi connectivity index (χ3v) is 6.15. The maximum atomic E-state index is 10.9. The molecule has 4 aromatic carbocycles. The first-order valence-corrected chi connectivity index (χ1v) is 10.7. The molecule has 34 heavy (non-hydrogen) atoms. The predicted molar refractivity (Wildman–Crippen MR) is 128 cm³/mol. The zero-order valence-electron chi connectivity index (χ0n) is 18.0. The SMILES string of the molecule is Oc1ccc(C2=C(c3ccc(O)cc3)C(c3cc(O)cc(O)c3)c3c(O)cc(O)cc3C2)cc1. The zero-order chi connectivity index (χ0) is 24.0. The molecule has 0 aromatic heterocycles. The number of aromatic hydroxyl groups is 6. The Bertz CT molecular complexity index is 1400. The maximum absolute atomic E-state index is 10.9. The average molecular weight is 454 g/mol. The molecule has 0 spiro atoms. The fourth-order valence-corrected chi connectivity index (χ4v) is 4.78. The molecular weight excluding hydrogens is 432 g/mol. The van der Waals surface area contributed by atoms with Gasteiger partial charge in [-0.25, -0.2) is 0 Å². The van der Waals surface area contributed by atoms with E-state index in [1.807, 2.05) is 0 Å². The molecule has 6 N–H and O–H groups in total. The Morgan fingerprint density at radius 2 is 1.06 bits per heavy atom. The molecule has 1 aliphatic carbocycles. The number of benzene rings is 4. The van der Waals surface area contributed by atoms with Gasteiger partial charge in [0.05, 0.1) is 0 Å². The molecule has 0 saturated carbocycles. The van der Waals surface area contributed by atoms with E-state index in [1.165, 1.54) is 24.3 Å². The van der Waals surface area contributed by atoms with E-state index < -0.39 is 5.92 Å². The number of phenols is 6. The van der Waals surface area contributed by atoms with Crippen LogP contribution in [0.4, 0.5) is 0 Å². The Balaban J connectivity index is 1.88. The number of phenolic OH excluding ortho intramolecular Hbond substituents is 6. The number of hydrogen-bond acceptors (Lipinski definition) is 6. The minimum Gasteiger partial charge on any atom is -0.508 e. The molecule has 1 atom stereocenters. The van der Waals surface area contributed by atoms with Gasteiger partial charge in [0.25, 0.3) is 0 Å². The highest BCUT2D eigenvalue weighted by Gasteiger charge is 2.34. The van der Waals surface area contributed by atoms with Crippen molar-refractivity contribution in [3.63, 3.8) is 0 Å². The van der Waals surface area contributed by atoms with Crippen LogP contribution < -0.4 is 0 Å². The summed E-state index contributed by atoms with van der Waals surface area (Å²) >= 11 is 0. The van der Waals surface area contributed by atoms with Gasteiger partial charge in [0, 0.05) is 23.6 Å². The van der Waals surface area contributed by atoms with Gasteiger partial charge in [-0.05, 0) is 82.3 Å². The first-order chi connectivity index (χ1) is 16.3. The van der Waals surface area contributed by atoms with E-state index >= 15 is 0 Å². The summed E-state index contributed by atoms with van der Waals surface area (Å²) in [5.74, 6) is -0.831. The summed E-state index contributed by atoms with van der Waals surface area (Å²) in [6, 6.07) is 20.6. The lowest BCUT2D eigenvalue weighted by molar-refractivity contribution is 0.441. The molecule has 0 aliphatic heterocycles. The number of rotatable bonds is 3. The summed E-state index contributed by atoms with van der Waals surface area (Å²) in [6.07, 6.45) is 0.375. The Kier molecular flexibility index (Phi) is 5.06. The van der Waals surface area contributed by atoms with Crippen molar-refractivity contribution in [2.24, 2.45) is 0 Å². The van der Waals surface area contributed by atoms with Crippen molar-refractivity contribution in [2.75, 3.05) is 0 Å². The normalized spacial score (nSPS) is 15.2. The monoisotopic (exact) mass is 454 g/mol. The molecule has 170 valence electrons. The lowest BCUT2D eigenvalue weighted by Crippen LogP contribution is -2.16. The van der Waals surface area contributed by atoms with E-state index in [9.17, 15) is 30.6 Å². The molecule has 5 rings (SSSR count). The van der Waals surface area contributed by atoms with Crippen LogP contribution in [0.3, 0.4) is 0 Å². The highest BCUT2D eigenvalue weighted by atomic mass is 16.3. The van der Waals surface area contributed by atoms with E-state index in [-0.39, 0.29) is 34.5 Å². The van der Waals surface area contributed by atoms with Gasteiger partial charge in [-0.1, -0.05) is 24.3 Å². The van der Waals surface area contributed by atoms with Gasteiger partial charge < -0.3 is 30.6 Å². The summed E-state index contributed by atoms with van der Waals surface area (Å²) in [4.78, 5) is 0. The molecule has 1 aliphatic rings. The lowest BCUT2D eigenvalue weighted by Gasteiger charge is -2.33. The predicted octanol–water partition coefficient (Wildman–Crippen LogP) is 5.22. The summed E-state index contributed by atoms with van der Waals surface area (Å²) < 4.78 is 0. The van der Waals surface area contributed by atoms with Crippen molar-refractivity contribution in [3.8, 4) is 34.5 Å². The Labute approximate surface area is 195 Å². The van der Waals surface area contributed by atoms with Crippen molar-refractivity contribution in [2.45, 2.75) is 12.3 Å². The fraction of sp³-hybridized carbons (Fsp3) is 0.0714. The number of fused-ring (bicyclic) bond motifs is 1. The lowest BCUT2D eigenvalue weighted by atomic mass is 9.70. The zero-order valence-corrected chi connectivity index (χ0v) is 18.0. The summed E-state index contributed by atoms with van der Waals surface area (Å²) in [5, 5.41) is 61.3. The molecular formula is C28H22O6. The van der Waals surface area contributed by atoms with Gasteiger partial charge in [0.1, 0.15) is 34.5 Å². The molecule has 1 unspecified atom stereocenters. The Morgan fingerprint density at radius 3 is 1.65 bits per heavy atom. The van der Waals surface area contributed by atoms with E-state index in [4.69, 9.17) is 0 Å². The first-order valence-electron chi connectivity index (χ1n) is 10.7. The van der Waals surface area contributed by atoms with Crippen LogP contribution in [0.25, 0.3) is 11.1 Å². The van der Waals surface area contributed by atoms with Crippen LogP contribution in [-0.2, 0) is 6.42 Å². The third-order valence-electron chi connectivity index (χ3n) is 6.15. The molecule has 4 aromatic rings. The second-order valence-corrected chi connectivity index (χ2v) is 8.42. The van der Waals surface area contributed by atoms with Crippen LogP contribution >= 0.6 is 0 Å². The summed E-state index contributed by atoms with van der Waals surface area (Å²) in [6.45, 7) is 0. The minimum absolute atomic E-state index is 0.0769. The van der Waals surface area contributed by atoms with Crippen LogP contribution in [0.15, 0.2) is 78.9 Å². The Hall–Kier alpha value is -4.58. The molecule has 0 amide bonds. The minimum atomic E-state index is -0.615. The van der Waals surface area contributed by atoms with Crippen LogP contribution in [0.1, 0.15) is 33.7 Å². The highest BCUT2D eigenvalue weighted by Crippen LogP contribution is 2.52. The van der Waals surface area contributed by atoms with Crippen LogP contribution in [-0.4, -0.2) is 30.6 Å². The first kappa shape index (κ1) is 21.3. The second-order valence-electron chi connectivity index (χ2n) is 8.42. The highest BCUT2D eigenvalue weighted by molar-refractivity contribution is 5.98. The van der Waals surface area contributed by atoms with Crippen LogP contribution in [0.2, 0.25) is 0 Å². The van der Waals surface area contributed by atoms with Crippen LogP contribution in [0, 0.1) is 0 Å². The average Bonchev–Trinajstić information content (AvgIpc) is 2.78. The van der Waals surface area contributed by atoms with Crippen molar-refractivity contribution < 1.29 is 30.6 Å². The van der Waals surface area contributed by atoms with Crippen LogP contribution in [0.5, 0.6) is 34.5 Å². The van der Waals surface area contributed by atoms with Gasteiger partial charge in [-0.15, -0.1) is 0 Å². The summed E-state index contributed by atoms with van der Waals surface area (Å²) in [7, 11) is 0. The van der Waals surface area contributed by atoms with Gasteiger partial charge >= 0.3 is 0 Å². The molecule has 0 saturated heterocycles. The van der Waals surface area contributed by atoms with E-state index in [2.05, 4.69) is 0 Å². The maximum Gasteiger partial charge on any atom is 0.123 e. The largest absolute Gasteiger partial charge is 0.508 e. The van der Waals surface area contributed by atoms with Gasteiger partial charge in [-0.2, -0.15) is 0 Å². The van der Waals surface area contributed by atoms with E-state index in [0.717, 1.165) is 22.3 Å². The van der Waals surface area contributed by atoms with Crippen molar-refractivity contribution in [1.82, 2.24) is 0 Å². The molecule has 0 heterocycles. The molecule has 6 nitrogen and oxygen atoms in total. The standard InChI is InChI=1S/C28H22O6/c29-19-5-1-15(2-6-19)24-12-18-11-23(33)14-25(34)27(18)28(17-9-21(31)13-22(32)10-17)26(24)16-3-7-20(30)8-4-16/h1-11,13-14,28-34H,12H2. The smallest absolute Gasteiger partial charge is 0.123 e. The van der Waals surface area contributed by atoms with Crippen molar-refractivity contribution >= 4 is 11.1 Å². The van der Waals surface area contributed by atoms with E-state index in [1.54, 1.807) is 54.6 Å². The second kappa shape index (κ2) is 8.08. The van der Waals surface area contributed by atoms with Crippen molar-refractivity contribution in [3.05, 3.63) is 107 Å². The molecule has 0 bridgehead atoms.